The van der Waals surface area contributed by atoms with Crippen molar-refractivity contribution in [1.29, 1.82) is 0 Å². The largest absolute Gasteiger partial charge is 0.491 e. The van der Waals surface area contributed by atoms with E-state index in [0.29, 0.717) is 19.1 Å². The molecule has 1 aliphatic carbocycles. The first-order valence-corrected chi connectivity index (χ1v) is 7.18. The normalized spacial score (nSPS) is 17.8. The summed E-state index contributed by atoms with van der Waals surface area (Å²) in [7, 11) is 0. The third-order valence-electron chi connectivity index (χ3n) is 3.50. The second-order valence-electron chi connectivity index (χ2n) is 5.56. The molecule has 0 saturated heterocycles. The molecule has 0 fully saturated rings. The van der Waals surface area contributed by atoms with Crippen molar-refractivity contribution in [2.45, 2.75) is 39.2 Å². The summed E-state index contributed by atoms with van der Waals surface area (Å²) in [5.41, 5.74) is 2.27. The van der Waals surface area contributed by atoms with Gasteiger partial charge in [0.05, 0.1) is 12.7 Å². The van der Waals surface area contributed by atoms with Gasteiger partial charge >= 0.3 is 0 Å². The Hall–Kier alpha value is -1.06. The number of hydrogen-bond donors (Lipinski definition) is 1. The molecule has 0 aliphatic heterocycles. The van der Waals surface area contributed by atoms with E-state index in [4.69, 9.17) is 9.47 Å². The fourth-order valence-electron chi connectivity index (χ4n) is 2.30. The van der Waals surface area contributed by atoms with Gasteiger partial charge in [0, 0.05) is 6.61 Å². The number of aryl methyl sites for hydroxylation is 1. The van der Waals surface area contributed by atoms with Crippen LogP contribution in [0.15, 0.2) is 18.2 Å². The molecule has 0 saturated carbocycles. The third kappa shape index (κ3) is 4.22. The number of aliphatic hydroxyl groups is 1. The van der Waals surface area contributed by atoms with Crippen LogP contribution in [0.2, 0.25) is 0 Å². The first kappa shape index (κ1) is 14.4. The van der Waals surface area contributed by atoms with Gasteiger partial charge in [-0.15, -0.1) is 0 Å². The Labute approximate surface area is 115 Å². The smallest absolute Gasteiger partial charge is 0.119 e. The van der Waals surface area contributed by atoms with Crippen LogP contribution in [0.5, 0.6) is 5.75 Å². The van der Waals surface area contributed by atoms with Crippen LogP contribution in [0.3, 0.4) is 0 Å². The monoisotopic (exact) mass is 264 g/mol. The van der Waals surface area contributed by atoms with Gasteiger partial charge in [-0.25, -0.2) is 0 Å². The molecule has 1 aliphatic rings. The van der Waals surface area contributed by atoms with Crippen LogP contribution in [0.4, 0.5) is 0 Å². The highest BCUT2D eigenvalue weighted by Gasteiger charge is 2.20. The summed E-state index contributed by atoms with van der Waals surface area (Å²) < 4.78 is 11.2. The maximum Gasteiger partial charge on any atom is 0.119 e. The van der Waals surface area contributed by atoms with Crippen molar-refractivity contribution < 1.29 is 14.6 Å². The quantitative estimate of drug-likeness (QED) is 0.769. The van der Waals surface area contributed by atoms with Crippen molar-refractivity contribution >= 4 is 0 Å². The van der Waals surface area contributed by atoms with Gasteiger partial charge < -0.3 is 14.6 Å². The Morgan fingerprint density at radius 3 is 2.89 bits per heavy atom. The number of ether oxygens (including phenoxy) is 2. The predicted molar refractivity (Wildman–Crippen MR) is 75.5 cm³/mol. The molecular weight excluding hydrogens is 240 g/mol. The fourth-order valence-corrected chi connectivity index (χ4v) is 2.30. The zero-order valence-corrected chi connectivity index (χ0v) is 11.9. The molecule has 1 aromatic rings. The summed E-state index contributed by atoms with van der Waals surface area (Å²) in [4.78, 5) is 0. The van der Waals surface area contributed by atoms with E-state index in [2.05, 4.69) is 13.8 Å². The Morgan fingerprint density at radius 2 is 2.11 bits per heavy atom. The molecule has 0 radical (unpaired) electrons. The van der Waals surface area contributed by atoms with E-state index < -0.39 is 0 Å². The van der Waals surface area contributed by atoms with E-state index >= 15 is 0 Å². The van der Waals surface area contributed by atoms with Crippen LogP contribution in [-0.4, -0.2) is 24.9 Å². The van der Waals surface area contributed by atoms with Gasteiger partial charge in [0.15, 0.2) is 0 Å². The summed E-state index contributed by atoms with van der Waals surface area (Å²) in [6.07, 6.45) is 2.58. The molecule has 1 N–H and O–H groups in total. The summed E-state index contributed by atoms with van der Waals surface area (Å²) in [5.74, 6) is 1.56. The predicted octanol–water partition coefficient (Wildman–Crippen LogP) is 3.11. The van der Waals surface area contributed by atoms with Crippen molar-refractivity contribution in [2.75, 3.05) is 19.8 Å². The van der Waals surface area contributed by atoms with Crippen LogP contribution in [0.1, 0.15) is 43.9 Å². The lowest BCUT2D eigenvalue weighted by Gasteiger charge is -2.10. The van der Waals surface area contributed by atoms with E-state index in [1.807, 2.05) is 18.2 Å². The summed E-state index contributed by atoms with van der Waals surface area (Å²) in [6.45, 7) is 6.40. The molecule has 19 heavy (non-hydrogen) atoms. The fraction of sp³-hybridized carbons (Fsp3) is 0.625. The number of benzene rings is 1. The van der Waals surface area contributed by atoms with Gasteiger partial charge in [0.1, 0.15) is 12.4 Å². The first-order valence-electron chi connectivity index (χ1n) is 7.18. The second-order valence-corrected chi connectivity index (χ2v) is 5.56. The zero-order valence-electron chi connectivity index (χ0n) is 11.9. The summed E-state index contributed by atoms with van der Waals surface area (Å²) in [5, 5.41) is 9.73. The Kier molecular flexibility index (Phi) is 5.23. The highest BCUT2D eigenvalue weighted by Crippen LogP contribution is 2.33. The average molecular weight is 264 g/mol. The topological polar surface area (TPSA) is 38.7 Å². The minimum absolute atomic E-state index is 0.289. The van der Waals surface area contributed by atoms with E-state index in [-0.39, 0.29) is 6.10 Å². The Balaban J connectivity index is 1.69. The molecule has 106 valence electrons. The van der Waals surface area contributed by atoms with Gasteiger partial charge in [0.2, 0.25) is 0 Å². The third-order valence-corrected chi connectivity index (χ3v) is 3.50. The zero-order chi connectivity index (χ0) is 13.7. The van der Waals surface area contributed by atoms with Crippen LogP contribution in [-0.2, 0) is 11.2 Å². The van der Waals surface area contributed by atoms with Crippen LogP contribution in [0, 0.1) is 5.92 Å². The van der Waals surface area contributed by atoms with Crippen LogP contribution < -0.4 is 4.74 Å². The standard InChI is InChI=1S/C16H24O3/c1-12(2)7-8-18-9-10-19-14-4-5-15-13(11-14)3-6-16(15)17/h4-5,11-12,16-17H,3,6-10H2,1-2H3. The number of fused-ring (bicyclic) bond motifs is 1. The molecule has 3 nitrogen and oxygen atoms in total. The number of rotatable bonds is 7. The molecule has 1 aromatic carbocycles. The van der Waals surface area contributed by atoms with E-state index in [1.54, 1.807) is 0 Å². The van der Waals surface area contributed by atoms with Crippen molar-refractivity contribution in [2.24, 2.45) is 5.92 Å². The molecular formula is C16H24O3. The van der Waals surface area contributed by atoms with Gasteiger partial charge in [0.25, 0.3) is 0 Å². The second kappa shape index (κ2) is 6.92. The molecule has 0 spiro atoms. The van der Waals surface area contributed by atoms with Gasteiger partial charge in [-0.1, -0.05) is 19.9 Å². The lowest BCUT2D eigenvalue weighted by molar-refractivity contribution is 0.0925. The van der Waals surface area contributed by atoms with Gasteiger partial charge in [-0.3, -0.25) is 0 Å². The SMILES string of the molecule is CC(C)CCOCCOc1ccc2c(c1)CCC2O. The minimum atomic E-state index is -0.289. The molecule has 2 rings (SSSR count). The summed E-state index contributed by atoms with van der Waals surface area (Å²) >= 11 is 0. The molecule has 0 bridgehead atoms. The van der Waals surface area contributed by atoms with Crippen molar-refractivity contribution in [3.63, 3.8) is 0 Å². The molecule has 0 amide bonds. The van der Waals surface area contributed by atoms with E-state index in [9.17, 15) is 5.11 Å². The highest BCUT2D eigenvalue weighted by molar-refractivity contribution is 5.39. The lowest BCUT2D eigenvalue weighted by atomic mass is 10.1. The minimum Gasteiger partial charge on any atom is -0.491 e. The Morgan fingerprint density at radius 1 is 1.26 bits per heavy atom. The molecule has 0 aromatic heterocycles. The summed E-state index contributed by atoms with van der Waals surface area (Å²) in [6, 6.07) is 5.95. The molecule has 1 unspecified atom stereocenters. The Bertz CT molecular complexity index is 401. The number of aliphatic hydroxyl groups excluding tert-OH is 1. The van der Waals surface area contributed by atoms with E-state index in [1.165, 1.54) is 5.56 Å². The van der Waals surface area contributed by atoms with Crippen LogP contribution >= 0.6 is 0 Å². The van der Waals surface area contributed by atoms with Gasteiger partial charge in [-0.2, -0.15) is 0 Å². The van der Waals surface area contributed by atoms with Crippen molar-refractivity contribution in [1.82, 2.24) is 0 Å². The van der Waals surface area contributed by atoms with E-state index in [0.717, 1.165) is 37.2 Å². The molecule has 3 heteroatoms. The highest BCUT2D eigenvalue weighted by atomic mass is 16.5. The first-order chi connectivity index (χ1) is 9.16. The van der Waals surface area contributed by atoms with Crippen molar-refractivity contribution in [3.8, 4) is 5.75 Å². The average Bonchev–Trinajstić information content (AvgIpc) is 2.75. The van der Waals surface area contributed by atoms with Crippen LogP contribution in [0.25, 0.3) is 0 Å². The molecule has 0 heterocycles. The maximum absolute atomic E-state index is 9.73. The number of hydrogen-bond acceptors (Lipinski definition) is 3. The maximum atomic E-state index is 9.73. The lowest BCUT2D eigenvalue weighted by Crippen LogP contribution is -2.08. The molecule has 1 atom stereocenters. The van der Waals surface area contributed by atoms with Crippen molar-refractivity contribution in [3.05, 3.63) is 29.3 Å². The van der Waals surface area contributed by atoms with Gasteiger partial charge in [-0.05, 0) is 48.4 Å².